The fourth-order valence-corrected chi connectivity index (χ4v) is 3.53. The van der Waals surface area contributed by atoms with Gasteiger partial charge in [-0.3, -0.25) is 14.5 Å². The number of rotatable bonds is 5. The minimum atomic E-state index is -0.738. The molecule has 8 heteroatoms. The number of nitrogens with one attached hydrogen (secondary N) is 2. The fourth-order valence-electron chi connectivity index (χ4n) is 3.53. The normalized spacial score (nSPS) is 18.8. The van der Waals surface area contributed by atoms with Gasteiger partial charge in [0.2, 0.25) is 5.91 Å². The minimum absolute atomic E-state index is 0.0602. The molecule has 8 nitrogen and oxygen atoms in total. The molecule has 0 aromatic carbocycles. The van der Waals surface area contributed by atoms with Gasteiger partial charge in [0, 0.05) is 27.1 Å². The molecule has 1 aromatic heterocycles. The van der Waals surface area contributed by atoms with Crippen LogP contribution in [0.15, 0.2) is 18.3 Å². The second kappa shape index (κ2) is 7.31. The van der Waals surface area contributed by atoms with Crippen molar-refractivity contribution < 1.29 is 14.4 Å². The van der Waals surface area contributed by atoms with Crippen LogP contribution in [-0.4, -0.2) is 53.9 Å². The number of anilines is 2. The number of nitrogens with zero attached hydrogens (tertiary/aromatic N) is 3. The Bertz CT molecular complexity index is 695. The average Bonchev–Trinajstić information content (AvgIpc) is 2.84. The topological polar surface area (TPSA) is 94.6 Å². The quantitative estimate of drug-likeness (QED) is 0.781. The van der Waals surface area contributed by atoms with Crippen molar-refractivity contribution in [2.24, 2.45) is 0 Å². The van der Waals surface area contributed by atoms with E-state index in [1.807, 2.05) is 19.0 Å². The first kappa shape index (κ1) is 18.2. The molecule has 3 rings (SSSR count). The monoisotopic (exact) mass is 359 g/mol. The molecular formula is C18H25N5O3. The minimum Gasteiger partial charge on any atom is -0.363 e. The fraction of sp³-hybridized carbons (Fsp3) is 0.556. The van der Waals surface area contributed by atoms with Crippen LogP contribution in [-0.2, 0) is 9.59 Å². The summed E-state index contributed by atoms with van der Waals surface area (Å²) in [7, 11) is 3.77. The molecule has 1 aliphatic heterocycles. The van der Waals surface area contributed by atoms with Crippen LogP contribution in [0.2, 0.25) is 0 Å². The van der Waals surface area contributed by atoms with E-state index in [1.54, 1.807) is 18.3 Å². The summed E-state index contributed by atoms with van der Waals surface area (Å²) in [5.41, 5.74) is -0.154. The number of carbonyl (C=O) groups is 3. The third kappa shape index (κ3) is 3.63. The van der Waals surface area contributed by atoms with E-state index in [9.17, 15) is 14.4 Å². The third-order valence-electron chi connectivity index (χ3n) is 5.01. The zero-order valence-corrected chi connectivity index (χ0v) is 15.2. The van der Waals surface area contributed by atoms with Gasteiger partial charge in [-0.1, -0.05) is 19.3 Å². The first-order valence-electron chi connectivity index (χ1n) is 8.99. The predicted molar refractivity (Wildman–Crippen MR) is 97.9 cm³/mol. The zero-order chi connectivity index (χ0) is 18.7. The number of hydrogen-bond acceptors (Lipinski definition) is 5. The molecule has 0 bridgehead atoms. The number of carbonyl (C=O) groups excluding carboxylic acids is 3. The lowest BCUT2D eigenvalue weighted by Crippen LogP contribution is -2.48. The molecule has 1 aromatic rings. The van der Waals surface area contributed by atoms with E-state index in [4.69, 9.17) is 0 Å². The maximum absolute atomic E-state index is 12.7. The molecule has 4 amide bonds. The van der Waals surface area contributed by atoms with Crippen molar-refractivity contribution in [2.45, 2.75) is 44.1 Å². The summed E-state index contributed by atoms with van der Waals surface area (Å²) in [6.45, 7) is 0.0848. The van der Waals surface area contributed by atoms with Crippen LogP contribution in [0, 0.1) is 0 Å². The van der Waals surface area contributed by atoms with E-state index in [2.05, 4.69) is 15.6 Å². The van der Waals surface area contributed by atoms with Crippen molar-refractivity contribution in [1.29, 1.82) is 0 Å². The highest BCUT2D eigenvalue weighted by molar-refractivity contribution is 6.07. The van der Waals surface area contributed by atoms with E-state index in [-0.39, 0.29) is 30.8 Å². The molecule has 0 radical (unpaired) electrons. The van der Waals surface area contributed by atoms with E-state index < -0.39 is 5.54 Å². The van der Waals surface area contributed by atoms with Gasteiger partial charge in [-0.2, -0.15) is 0 Å². The van der Waals surface area contributed by atoms with Gasteiger partial charge in [0.15, 0.2) is 0 Å². The van der Waals surface area contributed by atoms with Crippen molar-refractivity contribution in [2.75, 3.05) is 30.9 Å². The Morgan fingerprint density at radius 1 is 1.27 bits per heavy atom. The standard InChI is InChI=1S/C18H25N5O3/c1-22(2)14-7-6-13(12-19-14)20-15(24)8-11-23-16(25)18(21-17(23)26)9-4-3-5-10-18/h6-7,12H,3-5,8-11H2,1-2H3,(H,20,24)(H,21,26). The Labute approximate surface area is 152 Å². The molecule has 140 valence electrons. The largest absolute Gasteiger partial charge is 0.363 e. The summed E-state index contributed by atoms with van der Waals surface area (Å²) in [6.07, 6.45) is 5.98. The lowest BCUT2D eigenvalue weighted by Gasteiger charge is -2.30. The SMILES string of the molecule is CN(C)c1ccc(NC(=O)CCN2C(=O)NC3(CCCCC3)C2=O)cn1. The number of amides is 4. The molecule has 2 heterocycles. The Morgan fingerprint density at radius 2 is 2.00 bits per heavy atom. The van der Waals surface area contributed by atoms with E-state index >= 15 is 0 Å². The highest BCUT2D eigenvalue weighted by Crippen LogP contribution is 2.33. The summed E-state index contributed by atoms with van der Waals surface area (Å²) in [6, 6.07) is 3.19. The molecule has 26 heavy (non-hydrogen) atoms. The van der Waals surface area contributed by atoms with E-state index in [1.165, 1.54) is 4.90 Å². The summed E-state index contributed by atoms with van der Waals surface area (Å²) in [5.74, 6) is 0.349. The number of imide groups is 1. The van der Waals surface area contributed by atoms with Gasteiger partial charge >= 0.3 is 6.03 Å². The van der Waals surface area contributed by atoms with Crippen molar-refractivity contribution in [1.82, 2.24) is 15.2 Å². The number of pyridine rings is 1. The Hall–Kier alpha value is -2.64. The molecule has 1 saturated carbocycles. The number of hydrogen-bond donors (Lipinski definition) is 2. The molecule has 1 saturated heterocycles. The molecule has 1 spiro atoms. The van der Waals surface area contributed by atoms with E-state index in [0.717, 1.165) is 25.1 Å². The molecule has 2 aliphatic rings. The smallest absolute Gasteiger partial charge is 0.325 e. The highest BCUT2D eigenvalue weighted by Gasteiger charge is 2.50. The van der Waals surface area contributed by atoms with Gasteiger partial charge in [-0.15, -0.1) is 0 Å². The van der Waals surface area contributed by atoms with Crippen LogP contribution >= 0.6 is 0 Å². The van der Waals surface area contributed by atoms with Gasteiger partial charge in [-0.25, -0.2) is 9.78 Å². The summed E-state index contributed by atoms with van der Waals surface area (Å²) >= 11 is 0. The second-order valence-electron chi connectivity index (χ2n) is 7.13. The summed E-state index contributed by atoms with van der Waals surface area (Å²) in [5, 5.41) is 5.59. The van der Waals surface area contributed by atoms with Crippen LogP contribution in [0.1, 0.15) is 38.5 Å². The van der Waals surface area contributed by atoms with Crippen LogP contribution in [0.4, 0.5) is 16.3 Å². The van der Waals surface area contributed by atoms with Crippen LogP contribution in [0.25, 0.3) is 0 Å². The Morgan fingerprint density at radius 3 is 2.62 bits per heavy atom. The lowest BCUT2D eigenvalue weighted by atomic mass is 9.82. The van der Waals surface area contributed by atoms with Crippen LogP contribution in [0.5, 0.6) is 0 Å². The second-order valence-corrected chi connectivity index (χ2v) is 7.13. The predicted octanol–water partition coefficient (Wildman–Crippen LogP) is 1.73. The van der Waals surface area contributed by atoms with Crippen LogP contribution < -0.4 is 15.5 Å². The van der Waals surface area contributed by atoms with Gasteiger partial charge in [0.25, 0.3) is 5.91 Å². The molecule has 0 atom stereocenters. The lowest BCUT2D eigenvalue weighted by molar-refractivity contribution is -0.132. The Balaban J connectivity index is 1.54. The summed E-state index contributed by atoms with van der Waals surface area (Å²) < 4.78 is 0. The first-order chi connectivity index (χ1) is 12.4. The van der Waals surface area contributed by atoms with Gasteiger partial charge < -0.3 is 15.5 Å². The first-order valence-corrected chi connectivity index (χ1v) is 8.99. The van der Waals surface area contributed by atoms with Gasteiger partial charge in [-0.05, 0) is 25.0 Å². The molecule has 1 aliphatic carbocycles. The number of urea groups is 1. The van der Waals surface area contributed by atoms with Gasteiger partial charge in [0.1, 0.15) is 11.4 Å². The van der Waals surface area contributed by atoms with Gasteiger partial charge in [0.05, 0.1) is 11.9 Å². The Kier molecular flexibility index (Phi) is 5.11. The molecule has 0 unspecified atom stereocenters. The maximum Gasteiger partial charge on any atom is 0.325 e. The molecule has 2 N–H and O–H groups in total. The average molecular weight is 359 g/mol. The highest BCUT2D eigenvalue weighted by atomic mass is 16.2. The summed E-state index contributed by atoms with van der Waals surface area (Å²) in [4.78, 5) is 44.3. The van der Waals surface area contributed by atoms with Crippen molar-refractivity contribution in [3.63, 3.8) is 0 Å². The van der Waals surface area contributed by atoms with Crippen molar-refractivity contribution in [3.8, 4) is 0 Å². The third-order valence-corrected chi connectivity index (χ3v) is 5.01. The maximum atomic E-state index is 12.7. The molecular weight excluding hydrogens is 334 g/mol. The van der Waals surface area contributed by atoms with Crippen LogP contribution in [0.3, 0.4) is 0 Å². The van der Waals surface area contributed by atoms with Crippen molar-refractivity contribution >= 4 is 29.4 Å². The zero-order valence-electron chi connectivity index (χ0n) is 15.2. The van der Waals surface area contributed by atoms with Crippen molar-refractivity contribution in [3.05, 3.63) is 18.3 Å². The molecule has 2 fully saturated rings. The van der Waals surface area contributed by atoms with E-state index in [0.29, 0.717) is 18.5 Å². The number of aromatic nitrogens is 1.